The summed E-state index contributed by atoms with van der Waals surface area (Å²) in [6.45, 7) is 4.00. The van der Waals surface area contributed by atoms with Crippen LogP contribution in [0.5, 0.6) is 0 Å². The lowest BCUT2D eigenvalue weighted by Gasteiger charge is -2.17. The van der Waals surface area contributed by atoms with Crippen LogP contribution in [0, 0.1) is 11.8 Å². The van der Waals surface area contributed by atoms with Crippen LogP contribution in [0.25, 0.3) is 5.65 Å². The fraction of sp³-hybridized carbons (Fsp3) is 0.462. The number of ether oxygens (including phenoxy) is 1. The molecular weight excluding hydrogens is 310 g/mol. The van der Waals surface area contributed by atoms with Crippen LogP contribution < -0.4 is 0 Å². The van der Waals surface area contributed by atoms with Gasteiger partial charge in [-0.2, -0.15) is 0 Å². The highest BCUT2D eigenvalue weighted by atomic mass is 79.9. The van der Waals surface area contributed by atoms with E-state index in [1.807, 2.05) is 36.6 Å². The van der Waals surface area contributed by atoms with Crippen molar-refractivity contribution in [2.45, 2.75) is 20.3 Å². The lowest BCUT2D eigenvalue weighted by molar-refractivity contribution is -0.147. The van der Waals surface area contributed by atoms with E-state index in [0.29, 0.717) is 6.42 Å². The molecule has 0 unspecified atom stereocenters. The van der Waals surface area contributed by atoms with Crippen LogP contribution in [0.3, 0.4) is 0 Å². The third kappa shape index (κ3) is 2.94. The number of hydrogen-bond acceptors (Lipinski definition) is 4. The Morgan fingerprint density at radius 1 is 1.47 bits per heavy atom. The smallest absolute Gasteiger partial charge is 0.309 e. The third-order valence-electron chi connectivity index (χ3n) is 3.15. The number of pyridine rings is 1. The number of hydrogen-bond donors (Lipinski definition) is 0. The predicted octanol–water partition coefficient (Wildman–Crippen LogP) is 2.48. The number of rotatable bonds is 4. The van der Waals surface area contributed by atoms with E-state index in [4.69, 9.17) is 4.74 Å². The number of nitrogens with zero attached hydrogens (tertiary/aromatic N) is 3. The molecular formula is C13H16BrN3O2. The molecule has 102 valence electrons. The average molecular weight is 326 g/mol. The molecule has 6 heteroatoms. The van der Waals surface area contributed by atoms with E-state index in [1.54, 1.807) is 0 Å². The monoisotopic (exact) mass is 325 g/mol. The molecule has 0 aromatic carbocycles. The number of halogens is 1. The molecule has 2 aromatic rings. The van der Waals surface area contributed by atoms with Crippen LogP contribution in [0.15, 0.2) is 22.8 Å². The molecule has 0 saturated carbocycles. The van der Waals surface area contributed by atoms with Gasteiger partial charge in [0.1, 0.15) is 5.82 Å². The second-order valence-electron chi connectivity index (χ2n) is 4.77. The van der Waals surface area contributed by atoms with Gasteiger partial charge in [-0.05, 0) is 18.1 Å². The van der Waals surface area contributed by atoms with Gasteiger partial charge >= 0.3 is 5.97 Å². The average Bonchev–Trinajstić information content (AvgIpc) is 2.76. The highest BCUT2D eigenvalue weighted by molar-refractivity contribution is 9.10. The van der Waals surface area contributed by atoms with Crippen LogP contribution in [0.2, 0.25) is 0 Å². The molecule has 0 aliphatic carbocycles. The normalized spacial score (nSPS) is 12.9. The fourth-order valence-corrected chi connectivity index (χ4v) is 2.32. The van der Waals surface area contributed by atoms with Gasteiger partial charge in [0, 0.05) is 17.1 Å². The molecule has 19 heavy (non-hydrogen) atoms. The summed E-state index contributed by atoms with van der Waals surface area (Å²) in [4.78, 5) is 11.8. The molecule has 0 N–H and O–H groups in total. The summed E-state index contributed by atoms with van der Waals surface area (Å²) in [7, 11) is 1.41. The first-order chi connectivity index (χ1) is 9.02. The zero-order valence-corrected chi connectivity index (χ0v) is 12.7. The van der Waals surface area contributed by atoms with Crippen molar-refractivity contribution >= 4 is 27.5 Å². The molecule has 1 atom stereocenters. The summed E-state index contributed by atoms with van der Waals surface area (Å²) in [5.74, 6) is 0.548. The van der Waals surface area contributed by atoms with Gasteiger partial charge in [-0.25, -0.2) is 0 Å². The van der Waals surface area contributed by atoms with Crippen LogP contribution >= 0.6 is 15.9 Å². The van der Waals surface area contributed by atoms with Crippen LogP contribution in [-0.4, -0.2) is 27.7 Å². The highest BCUT2D eigenvalue weighted by Crippen LogP contribution is 2.19. The Hall–Kier alpha value is -1.43. The van der Waals surface area contributed by atoms with Crippen LogP contribution in [-0.2, 0) is 16.0 Å². The third-order valence-corrected chi connectivity index (χ3v) is 3.65. The van der Waals surface area contributed by atoms with E-state index in [0.717, 1.165) is 15.9 Å². The van der Waals surface area contributed by atoms with E-state index in [2.05, 4.69) is 26.1 Å². The molecule has 0 aliphatic rings. The number of esters is 1. The molecule has 0 spiro atoms. The number of aromatic nitrogens is 3. The van der Waals surface area contributed by atoms with Crippen molar-refractivity contribution in [1.29, 1.82) is 0 Å². The second-order valence-corrected chi connectivity index (χ2v) is 5.68. The van der Waals surface area contributed by atoms with Gasteiger partial charge < -0.3 is 4.74 Å². The van der Waals surface area contributed by atoms with Gasteiger partial charge in [-0.15, -0.1) is 10.2 Å². The van der Waals surface area contributed by atoms with Gasteiger partial charge in [0.15, 0.2) is 5.65 Å². The minimum atomic E-state index is -0.207. The van der Waals surface area contributed by atoms with E-state index in [-0.39, 0.29) is 17.8 Å². The van der Waals surface area contributed by atoms with Crippen molar-refractivity contribution in [3.8, 4) is 0 Å². The summed E-state index contributed by atoms with van der Waals surface area (Å²) in [6, 6.07) is 3.81. The maximum Gasteiger partial charge on any atom is 0.309 e. The number of carbonyl (C=O) groups is 1. The maximum absolute atomic E-state index is 11.8. The second kappa shape index (κ2) is 5.69. The Labute approximate surface area is 120 Å². The first kappa shape index (κ1) is 14.0. The topological polar surface area (TPSA) is 56.5 Å². The molecule has 0 aliphatic heterocycles. The van der Waals surface area contributed by atoms with Crippen molar-refractivity contribution in [2.75, 3.05) is 7.11 Å². The molecule has 2 heterocycles. The van der Waals surface area contributed by atoms with Crippen molar-refractivity contribution < 1.29 is 9.53 Å². The Morgan fingerprint density at radius 2 is 2.21 bits per heavy atom. The minimum Gasteiger partial charge on any atom is -0.469 e. The maximum atomic E-state index is 11.8. The number of fused-ring (bicyclic) bond motifs is 1. The molecule has 0 bridgehead atoms. The van der Waals surface area contributed by atoms with E-state index < -0.39 is 0 Å². The fourth-order valence-electron chi connectivity index (χ4n) is 1.99. The van der Waals surface area contributed by atoms with Gasteiger partial charge in [0.25, 0.3) is 0 Å². The molecule has 2 rings (SSSR count). The lowest BCUT2D eigenvalue weighted by atomic mass is 9.92. The largest absolute Gasteiger partial charge is 0.469 e. The van der Waals surface area contributed by atoms with Gasteiger partial charge in [0.2, 0.25) is 0 Å². The predicted molar refractivity (Wildman–Crippen MR) is 74.7 cm³/mol. The van der Waals surface area contributed by atoms with Gasteiger partial charge in [-0.1, -0.05) is 29.8 Å². The van der Waals surface area contributed by atoms with Crippen molar-refractivity contribution in [3.05, 3.63) is 28.6 Å². The Balaban J connectivity index is 2.31. The van der Waals surface area contributed by atoms with Crippen molar-refractivity contribution in [1.82, 2.24) is 14.6 Å². The van der Waals surface area contributed by atoms with Gasteiger partial charge in [-0.3, -0.25) is 9.20 Å². The van der Waals surface area contributed by atoms with Crippen LogP contribution in [0.4, 0.5) is 0 Å². The first-order valence-electron chi connectivity index (χ1n) is 6.10. The van der Waals surface area contributed by atoms with Gasteiger partial charge in [0.05, 0.1) is 13.0 Å². The Bertz CT molecular complexity index is 595. The number of methoxy groups -OCH3 is 1. The van der Waals surface area contributed by atoms with Crippen LogP contribution in [0.1, 0.15) is 19.7 Å². The molecule has 0 saturated heterocycles. The van der Waals surface area contributed by atoms with E-state index in [9.17, 15) is 4.79 Å². The summed E-state index contributed by atoms with van der Waals surface area (Å²) < 4.78 is 7.69. The van der Waals surface area contributed by atoms with E-state index >= 15 is 0 Å². The summed E-state index contributed by atoms with van der Waals surface area (Å²) in [5, 5.41) is 8.27. The molecule has 5 nitrogen and oxygen atoms in total. The molecule has 0 amide bonds. The Morgan fingerprint density at radius 3 is 2.84 bits per heavy atom. The summed E-state index contributed by atoms with van der Waals surface area (Å²) >= 11 is 3.39. The summed E-state index contributed by atoms with van der Waals surface area (Å²) in [6.07, 6.45) is 2.41. The lowest BCUT2D eigenvalue weighted by Crippen LogP contribution is -2.24. The first-order valence-corrected chi connectivity index (χ1v) is 6.89. The summed E-state index contributed by atoms with van der Waals surface area (Å²) in [5.41, 5.74) is 0.761. The number of carbonyl (C=O) groups excluding carboxylic acids is 1. The zero-order valence-electron chi connectivity index (χ0n) is 11.1. The zero-order chi connectivity index (χ0) is 14.0. The van der Waals surface area contributed by atoms with E-state index in [1.165, 1.54) is 7.11 Å². The highest BCUT2D eigenvalue weighted by Gasteiger charge is 2.25. The van der Waals surface area contributed by atoms with Crippen molar-refractivity contribution in [3.63, 3.8) is 0 Å². The Kier molecular flexibility index (Phi) is 4.19. The van der Waals surface area contributed by atoms with Crippen molar-refractivity contribution in [2.24, 2.45) is 11.8 Å². The minimum absolute atomic E-state index is 0.190. The quantitative estimate of drug-likeness (QED) is 0.810. The molecule has 0 fully saturated rings. The molecule has 0 radical (unpaired) electrons. The standard InChI is InChI=1S/C13H16BrN3O2/c1-8(2)10(13(18)19-3)7-12-16-15-11-6-9(14)4-5-17(11)12/h4-6,8,10H,7H2,1-3H3/t10-/m0/s1. The SMILES string of the molecule is COC(=O)[C@@H](Cc1nnc2cc(Br)ccn12)C(C)C. The molecule has 2 aromatic heterocycles.